The minimum absolute atomic E-state index is 0.0250. The molecule has 5 aromatic rings. The van der Waals surface area contributed by atoms with E-state index in [1.807, 2.05) is 133 Å². The summed E-state index contributed by atoms with van der Waals surface area (Å²) in [7, 11) is 0. The molecule has 0 saturated carbocycles. The number of carbonyl (C=O) groups is 2. The largest absolute Gasteiger partial charge is 0.492 e. The third kappa shape index (κ3) is 7.35. The molecule has 6 nitrogen and oxygen atoms in total. The zero-order valence-electron chi connectivity index (χ0n) is 28.6. The molecule has 0 radical (unpaired) electrons. The number of nitrogens with zero attached hydrogens (tertiary/aromatic N) is 2. The van der Waals surface area contributed by atoms with E-state index in [4.69, 9.17) is 21.1 Å². The van der Waals surface area contributed by atoms with Gasteiger partial charge in [-0.15, -0.1) is 0 Å². The average molecular weight is 717 g/mol. The number of halogens is 1. The van der Waals surface area contributed by atoms with Crippen molar-refractivity contribution in [2.45, 2.75) is 42.7 Å². The van der Waals surface area contributed by atoms with E-state index < -0.39 is 10.8 Å². The topological polar surface area (TPSA) is 59.1 Å². The Balaban J connectivity index is 1.06. The van der Waals surface area contributed by atoms with E-state index in [9.17, 15) is 9.59 Å². The Morgan fingerprint density at radius 2 is 1.43 bits per heavy atom. The number of hydrogen-bond donors (Lipinski definition) is 0. The van der Waals surface area contributed by atoms with Crippen LogP contribution < -0.4 is 4.74 Å². The number of rotatable bonds is 12. The molecule has 0 aliphatic carbocycles. The summed E-state index contributed by atoms with van der Waals surface area (Å²) >= 11 is 7.36. The normalized spacial score (nSPS) is 18.9. The Morgan fingerprint density at radius 3 is 2.00 bits per heavy atom. The van der Waals surface area contributed by atoms with Crippen LogP contribution in [0, 0.1) is 0 Å². The van der Waals surface area contributed by atoms with Gasteiger partial charge in [0.1, 0.15) is 17.9 Å². The highest BCUT2D eigenvalue weighted by atomic mass is 35.5. The number of amides is 2. The highest BCUT2D eigenvalue weighted by Crippen LogP contribution is 2.48. The molecule has 260 valence electrons. The second-order valence-corrected chi connectivity index (χ2v) is 14.6. The van der Waals surface area contributed by atoms with Crippen LogP contribution >= 0.6 is 23.4 Å². The van der Waals surface area contributed by atoms with Crippen molar-refractivity contribution >= 4 is 34.5 Å². The first-order valence-corrected chi connectivity index (χ1v) is 18.8. The number of carbonyl (C=O) groups excluding carboxylic acids is 2. The van der Waals surface area contributed by atoms with Gasteiger partial charge in [-0.25, -0.2) is 0 Å². The molecule has 0 aromatic heterocycles. The van der Waals surface area contributed by atoms with E-state index in [1.165, 1.54) is 4.90 Å². The van der Waals surface area contributed by atoms with Crippen LogP contribution in [0.3, 0.4) is 0 Å². The maximum atomic E-state index is 14.5. The van der Waals surface area contributed by atoms with Crippen LogP contribution in [-0.4, -0.2) is 58.5 Å². The Morgan fingerprint density at radius 1 is 0.824 bits per heavy atom. The van der Waals surface area contributed by atoms with Crippen LogP contribution in [0.1, 0.15) is 47.3 Å². The van der Waals surface area contributed by atoms with Crippen molar-refractivity contribution in [2.75, 3.05) is 26.3 Å². The standard InChI is InChI=1S/C43H41ClN2O4S/c1-2-37(45-25-26-49-39(29-45)32-13-12-20-36(44)28-32)30-50-38-23-21-31(22-24-38)27-40-41(47)46(42(48)51-40)43(33-14-6-3-7-15-33,34-16-8-4-9-17-34)35-18-10-5-11-19-35/h3-24,28,37,39-40H,2,25-27,29-30H2,1H3. The smallest absolute Gasteiger partial charge is 0.290 e. The van der Waals surface area contributed by atoms with Gasteiger partial charge in [0.15, 0.2) is 0 Å². The molecule has 2 amide bonds. The molecule has 8 heteroatoms. The molecular formula is C43H41ClN2O4S. The number of benzene rings is 5. The van der Waals surface area contributed by atoms with Crippen LogP contribution in [0.25, 0.3) is 0 Å². The van der Waals surface area contributed by atoms with Gasteiger partial charge in [-0.05, 0) is 64.9 Å². The van der Waals surface area contributed by atoms with Crippen molar-refractivity contribution in [3.05, 3.63) is 172 Å². The zero-order valence-corrected chi connectivity index (χ0v) is 30.1. The number of hydrogen-bond acceptors (Lipinski definition) is 6. The maximum absolute atomic E-state index is 14.5. The van der Waals surface area contributed by atoms with Crippen molar-refractivity contribution in [1.29, 1.82) is 0 Å². The predicted octanol–water partition coefficient (Wildman–Crippen LogP) is 9.17. The number of thioether (sulfide) groups is 1. The molecule has 2 saturated heterocycles. The molecule has 7 rings (SSSR count). The second-order valence-electron chi connectivity index (χ2n) is 13.0. The Kier molecular flexibility index (Phi) is 10.9. The van der Waals surface area contributed by atoms with Gasteiger partial charge in [0.2, 0.25) is 5.91 Å². The fourth-order valence-electron chi connectivity index (χ4n) is 7.33. The lowest BCUT2D eigenvalue weighted by atomic mass is 9.75. The van der Waals surface area contributed by atoms with E-state index in [0.717, 1.165) is 64.8 Å². The maximum Gasteiger partial charge on any atom is 0.290 e. The van der Waals surface area contributed by atoms with E-state index in [1.54, 1.807) is 0 Å². The number of ether oxygens (including phenoxy) is 2. The van der Waals surface area contributed by atoms with Gasteiger partial charge in [0, 0.05) is 24.2 Å². The predicted molar refractivity (Wildman–Crippen MR) is 204 cm³/mol. The van der Waals surface area contributed by atoms with Gasteiger partial charge in [-0.2, -0.15) is 0 Å². The lowest BCUT2D eigenvalue weighted by molar-refractivity contribution is -0.129. The minimum Gasteiger partial charge on any atom is -0.492 e. The first-order chi connectivity index (χ1) is 25.0. The molecule has 3 atom stereocenters. The molecule has 2 aliphatic heterocycles. The number of morpholine rings is 1. The molecule has 0 bridgehead atoms. The van der Waals surface area contributed by atoms with Gasteiger partial charge < -0.3 is 9.47 Å². The molecule has 5 aromatic carbocycles. The molecule has 2 aliphatic rings. The molecular weight excluding hydrogens is 676 g/mol. The van der Waals surface area contributed by atoms with Crippen molar-refractivity contribution in [2.24, 2.45) is 0 Å². The zero-order chi connectivity index (χ0) is 35.2. The van der Waals surface area contributed by atoms with Gasteiger partial charge in [-0.1, -0.05) is 146 Å². The summed E-state index contributed by atoms with van der Waals surface area (Å²) in [4.78, 5) is 32.5. The Bertz CT molecular complexity index is 1830. The quantitative estimate of drug-likeness (QED) is 0.120. The first-order valence-electron chi connectivity index (χ1n) is 17.5. The fourth-order valence-corrected chi connectivity index (χ4v) is 8.59. The van der Waals surface area contributed by atoms with Crippen molar-refractivity contribution in [3.63, 3.8) is 0 Å². The molecule has 51 heavy (non-hydrogen) atoms. The third-order valence-corrected chi connectivity index (χ3v) is 11.2. The van der Waals surface area contributed by atoms with Gasteiger partial charge in [-0.3, -0.25) is 19.4 Å². The van der Waals surface area contributed by atoms with Crippen LogP contribution in [0.5, 0.6) is 5.75 Å². The monoisotopic (exact) mass is 716 g/mol. The molecule has 3 unspecified atom stereocenters. The summed E-state index contributed by atoms with van der Waals surface area (Å²) < 4.78 is 12.4. The van der Waals surface area contributed by atoms with Crippen LogP contribution in [0.2, 0.25) is 5.02 Å². The minimum atomic E-state index is -1.12. The first kappa shape index (κ1) is 35.0. The lowest BCUT2D eigenvalue weighted by Gasteiger charge is -2.42. The summed E-state index contributed by atoms with van der Waals surface area (Å²) in [6, 6.07) is 45.6. The van der Waals surface area contributed by atoms with Crippen LogP contribution in [0.15, 0.2) is 140 Å². The van der Waals surface area contributed by atoms with Crippen LogP contribution in [0.4, 0.5) is 4.79 Å². The van der Waals surface area contributed by atoms with E-state index in [-0.39, 0.29) is 23.3 Å². The van der Waals surface area contributed by atoms with Crippen LogP contribution in [-0.2, 0) is 21.5 Å². The van der Waals surface area contributed by atoms with Crippen molar-refractivity contribution < 1.29 is 19.1 Å². The molecule has 0 N–H and O–H groups in total. The third-order valence-electron chi connectivity index (χ3n) is 9.92. The summed E-state index contributed by atoms with van der Waals surface area (Å²) in [6.45, 7) is 5.03. The Hall–Kier alpha value is -4.40. The lowest BCUT2D eigenvalue weighted by Crippen LogP contribution is -2.51. The van der Waals surface area contributed by atoms with Gasteiger partial charge in [0.25, 0.3) is 5.24 Å². The molecule has 2 heterocycles. The summed E-state index contributed by atoms with van der Waals surface area (Å²) in [5.74, 6) is 0.575. The second kappa shape index (κ2) is 15.9. The van der Waals surface area contributed by atoms with E-state index in [0.29, 0.717) is 24.7 Å². The highest BCUT2D eigenvalue weighted by Gasteiger charge is 2.54. The summed E-state index contributed by atoms with van der Waals surface area (Å²) in [5.41, 5.74) is 3.50. The van der Waals surface area contributed by atoms with Crippen molar-refractivity contribution in [3.8, 4) is 5.75 Å². The highest BCUT2D eigenvalue weighted by molar-refractivity contribution is 8.15. The van der Waals surface area contributed by atoms with Gasteiger partial charge in [0.05, 0.1) is 18.0 Å². The SMILES string of the molecule is CCC(COc1ccc(CC2SC(=O)N(C(c3ccccc3)(c3ccccc3)c3ccccc3)C2=O)cc1)N1CCOC(c2cccc(Cl)c2)C1. The molecule has 2 fully saturated rings. The fraction of sp³-hybridized carbons (Fsp3) is 0.256. The summed E-state index contributed by atoms with van der Waals surface area (Å²) in [6.07, 6.45) is 1.35. The van der Waals surface area contributed by atoms with Gasteiger partial charge >= 0.3 is 0 Å². The Labute approximate surface area is 309 Å². The number of imide groups is 1. The van der Waals surface area contributed by atoms with E-state index in [2.05, 4.69) is 17.9 Å². The summed E-state index contributed by atoms with van der Waals surface area (Å²) in [5, 5.41) is -0.0997. The van der Waals surface area contributed by atoms with Crippen molar-refractivity contribution in [1.82, 2.24) is 9.80 Å². The average Bonchev–Trinajstić information content (AvgIpc) is 3.46. The van der Waals surface area contributed by atoms with E-state index >= 15 is 0 Å². The molecule has 0 spiro atoms.